The van der Waals surface area contributed by atoms with Gasteiger partial charge in [-0.05, 0) is 51.9 Å². The molecule has 12 nitrogen and oxygen atoms in total. The van der Waals surface area contributed by atoms with E-state index in [4.69, 9.17) is 37.5 Å². The van der Waals surface area contributed by atoms with Gasteiger partial charge in [-0.3, -0.25) is 0 Å². The van der Waals surface area contributed by atoms with Gasteiger partial charge in [0.1, 0.15) is 0 Å². The van der Waals surface area contributed by atoms with Crippen LogP contribution < -0.4 is 44.2 Å². The maximum atomic E-state index is 7.07. The van der Waals surface area contributed by atoms with E-state index in [0.717, 1.165) is 101 Å². The highest BCUT2D eigenvalue weighted by Gasteiger charge is 2.40. The topological polar surface area (TPSA) is 189 Å². The summed E-state index contributed by atoms with van der Waals surface area (Å²) in [5, 5.41) is 13.6. The molecule has 0 aromatic rings. The summed E-state index contributed by atoms with van der Waals surface area (Å²) < 4.78 is 28.3. The first-order valence-corrected chi connectivity index (χ1v) is 22.8. The van der Waals surface area contributed by atoms with Crippen molar-refractivity contribution >= 4 is 42.4 Å². The average Bonchev–Trinajstić information content (AvgIpc) is 2.87. The highest BCUT2D eigenvalue weighted by molar-refractivity contribution is 8.49. The molecule has 40 heavy (non-hydrogen) atoms. The van der Waals surface area contributed by atoms with Crippen LogP contribution in [-0.2, 0) is 14.5 Å². The molecule has 0 saturated carbocycles. The molecule has 0 aliphatic carbocycles. The summed E-state index contributed by atoms with van der Waals surface area (Å²) in [6, 6.07) is 0. The van der Waals surface area contributed by atoms with Crippen LogP contribution in [0.2, 0.25) is 0 Å². The van der Waals surface area contributed by atoms with Crippen molar-refractivity contribution in [3.63, 3.8) is 0 Å². The van der Waals surface area contributed by atoms with Gasteiger partial charge < -0.3 is 44.2 Å². The standard InChI is InChI=1S/C24H64N8O4S4/c1-37(21-5-13-29-17-9-25)33-38(2,22-6-14-30-18-10-26)35-40(4,24-8-16-32-20-12-28)36-39(3,34-37)23-7-15-31-19-11-27/h29-32H,5-28H2,1-4H3. The first kappa shape index (κ1) is 38.9. The Morgan fingerprint density at radius 2 is 0.575 bits per heavy atom. The average molecular weight is 657 g/mol. The molecule has 1 rings (SSSR count). The molecule has 0 radical (unpaired) electrons. The fourth-order valence-corrected chi connectivity index (χ4v) is 20.1. The predicted octanol–water partition coefficient (Wildman–Crippen LogP) is 0.878. The maximum absolute atomic E-state index is 7.07. The molecule has 0 amide bonds. The minimum atomic E-state index is -1.92. The van der Waals surface area contributed by atoms with Gasteiger partial charge in [0.2, 0.25) is 0 Å². The van der Waals surface area contributed by atoms with Gasteiger partial charge in [0, 0.05) is 100 Å². The van der Waals surface area contributed by atoms with Gasteiger partial charge in [-0.1, -0.05) is 0 Å². The zero-order valence-corrected chi connectivity index (χ0v) is 29.0. The lowest BCUT2D eigenvalue weighted by Crippen LogP contribution is -2.31. The van der Waals surface area contributed by atoms with Crippen LogP contribution in [0.5, 0.6) is 0 Å². The Morgan fingerprint density at radius 1 is 0.375 bits per heavy atom. The molecule has 1 heterocycles. The number of nitrogens with one attached hydrogen (secondary N) is 4. The number of hydrogen-bond acceptors (Lipinski definition) is 12. The van der Waals surface area contributed by atoms with Crippen molar-refractivity contribution in [2.45, 2.75) is 25.7 Å². The molecule has 0 aromatic carbocycles. The van der Waals surface area contributed by atoms with Crippen molar-refractivity contribution in [3.8, 4) is 0 Å². The van der Waals surface area contributed by atoms with Gasteiger partial charge in [-0.15, -0.1) is 0 Å². The second-order valence-electron chi connectivity index (χ2n) is 10.4. The molecule has 0 aromatic heterocycles. The fraction of sp³-hybridized carbons (Fsp3) is 1.00. The quantitative estimate of drug-likeness (QED) is 0.0686. The first-order chi connectivity index (χ1) is 19.1. The van der Waals surface area contributed by atoms with Gasteiger partial charge in [-0.25, -0.2) is 0 Å². The third-order valence-electron chi connectivity index (χ3n) is 5.91. The van der Waals surface area contributed by atoms with Gasteiger partial charge in [-0.2, -0.15) is 56.9 Å². The van der Waals surface area contributed by atoms with Gasteiger partial charge in [0.05, 0.1) is 0 Å². The third kappa shape index (κ3) is 17.3. The Bertz CT molecular complexity index is 536. The normalized spacial score (nSPS) is 35.8. The van der Waals surface area contributed by atoms with E-state index in [1.807, 2.05) is 0 Å². The van der Waals surface area contributed by atoms with Crippen LogP contribution in [0.15, 0.2) is 0 Å². The molecule has 248 valence electrons. The van der Waals surface area contributed by atoms with Crippen molar-refractivity contribution in [2.75, 3.05) is 127 Å². The fourth-order valence-electron chi connectivity index (χ4n) is 4.28. The predicted molar refractivity (Wildman–Crippen MR) is 184 cm³/mol. The van der Waals surface area contributed by atoms with Crippen LogP contribution in [0, 0.1) is 0 Å². The zero-order chi connectivity index (χ0) is 29.8. The minimum Gasteiger partial charge on any atom is -0.329 e. The number of hydrogen-bond donors (Lipinski definition) is 8. The molecule has 1 aliphatic heterocycles. The van der Waals surface area contributed by atoms with E-state index in [9.17, 15) is 0 Å². The summed E-state index contributed by atoms with van der Waals surface area (Å²) in [6.45, 7) is 9.22. The van der Waals surface area contributed by atoms with E-state index in [2.05, 4.69) is 46.3 Å². The van der Waals surface area contributed by atoms with Gasteiger partial charge in [0.25, 0.3) is 0 Å². The van der Waals surface area contributed by atoms with Crippen molar-refractivity contribution in [3.05, 3.63) is 0 Å². The molecule has 0 bridgehead atoms. The van der Waals surface area contributed by atoms with E-state index in [1.54, 1.807) is 0 Å². The molecular formula is C24H64N8O4S4. The molecule has 0 atom stereocenters. The van der Waals surface area contributed by atoms with Gasteiger partial charge >= 0.3 is 0 Å². The van der Waals surface area contributed by atoms with Crippen molar-refractivity contribution < 1.29 is 14.5 Å². The van der Waals surface area contributed by atoms with E-state index in [1.165, 1.54) is 0 Å². The van der Waals surface area contributed by atoms with E-state index < -0.39 is 42.4 Å². The van der Waals surface area contributed by atoms with Crippen molar-refractivity contribution in [1.29, 1.82) is 0 Å². The summed E-state index contributed by atoms with van der Waals surface area (Å²) in [4.78, 5) is 0. The Hall–Kier alpha value is 0.920. The summed E-state index contributed by atoms with van der Waals surface area (Å²) >= 11 is 0. The van der Waals surface area contributed by atoms with Gasteiger partial charge in [0.15, 0.2) is 0 Å². The van der Waals surface area contributed by atoms with Crippen LogP contribution >= 0.6 is 42.4 Å². The molecule has 16 heteroatoms. The first-order valence-electron chi connectivity index (χ1n) is 14.6. The lowest BCUT2D eigenvalue weighted by atomic mass is 10.5. The molecule has 12 N–H and O–H groups in total. The Labute approximate surface area is 252 Å². The lowest BCUT2D eigenvalue weighted by molar-refractivity contribution is 0.433. The number of rotatable bonds is 24. The number of nitrogens with two attached hydrogens (primary N) is 4. The maximum Gasteiger partial charge on any atom is 0.0429 e. The smallest absolute Gasteiger partial charge is 0.0429 e. The van der Waals surface area contributed by atoms with E-state index in [-0.39, 0.29) is 0 Å². The molecule has 0 spiro atoms. The minimum absolute atomic E-state index is 0.628. The Morgan fingerprint density at radius 3 is 0.750 bits per heavy atom. The Balaban J connectivity index is 3.15. The second kappa shape index (κ2) is 21.6. The molecule has 0 unspecified atom stereocenters. The third-order valence-corrected chi connectivity index (χ3v) is 19.2. The van der Waals surface area contributed by atoms with Crippen molar-refractivity contribution in [1.82, 2.24) is 21.3 Å². The highest BCUT2D eigenvalue weighted by Crippen LogP contribution is 2.79. The summed E-state index contributed by atoms with van der Waals surface area (Å²) in [7, 11) is -7.68. The van der Waals surface area contributed by atoms with Crippen LogP contribution in [0.4, 0.5) is 0 Å². The van der Waals surface area contributed by atoms with Crippen LogP contribution in [0.3, 0.4) is 0 Å². The Kier molecular flexibility index (Phi) is 21.0. The molecule has 1 aliphatic rings. The zero-order valence-electron chi connectivity index (χ0n) is 25.7. The summed E-state index contributed by atoms with van der Waals surface area (Å²) in [5.74, 6) is 3.26. The highest BCUT2D eigenvalue weighted by atomic mass is 32.4. The largest absolute Gasteiger partial charge is 0.329 e. The van der Waals surface area contributed by atoms with Crippen molar-refractivity contribution in [2.24, 2.45) is 22.9 Å². The SMILES string of the molecule is CS1(CCCNCCN)OS(C)(CCCNCCN)OS(C)(CCCNCCN)OS(C)(CCCNCCN)O1. The monoisotopic (exact) mass is 656 g/mol. The van der Waals surface area contributed by atoms with Crippen LogP contribution in [0.25, 0.3) is 0 Å². The van der Waals surface area contributed by atoms with Crippen LogP contribution in [0.1, 0.15) is 25.7 Å². The van der Waals surface area contributed by atoms with Crippen LogP contribution in [-0.4, -0.2) is 127 Å². The van der Waals surface area contributed by atoms with E-state index in [0.29, 0.717) is 26.2 Å². The lowest BCUT2D eigenvalue weighted by Gasteiger charge is -2.62. The molecular weight excluding hydrogens is 593 g/mol. The summed E-state index contributed by atoms with van der Waals surface area (Å²) in [6.07, 6.45) is 12.3. The van der Waals surface area contributed by atoms with E-state index >= 15 is 0 Å². The summed E-state index contributed by atoms with van der Waals surface area (Å²) in [5.41, 5.74) is 22.6. The molecule has 1 fully saturated rings. The second-order valence-corrected chi connectivity index (χ2v) is 21.6. The molecule has 1 saturated heterocycles.